The Bertz CT molecular complexity index is 313. The lowest BCUT2D eigenvalue weighted by Gasteiger charge is -2.36. The van der Waals surface area contributed by atoms with Crippen LogP contribution in [0.15, 0.2) is 0 Å². The van der Waals surface area contributed by atoms with Gasteiger partial charge in [-0.05, 0) is 37.5 Å². The Morgan fingerprint density at radius 3 is 2.15 bits per heavy atom. The van der Waals surface area contributed by atoms with Gasteiger partial charge in [-0.2, -0.15) is 0 Å². The standard InChI is InChI=1S/C18H34O2/c1-7-18(10-8-9-11-18)20-13-16(19)17(6,15(4)5)12-14(2)3/h14-15H,7-13H2,1-6H3. The molecular formula is C18H34O2. The van der Waals surface area contributed by atoms with Gasteiger partial charge in [-0.25, -0.2) is 0 Å². The topological polar surface area (TPSA) is 26.3 Å². The summed E-state index contributed by atoms with van der Waals surface area (Å²) in [6, 6.07) is 0. The van der Waals surface area contributed by atoms with Crippen LogP contribution in [-0.2, 0) is 9.53 Å². The zero-order valence-corrected chi connectivity index (χ0v) is 14.4. The van der Waals surface area contributed by atoms with Crippen molar-refractivity contribution in [2.24, 2.45) is 17.3 Å². The minimum absolute atomic E-state index is 0.00855. The largest absolute Gasteiger partial charge is 0.367 e. The molecule has 0 heterocycles. The molecule has 0 spiro atoms. The number of carbonyl (C=O) groups excluding carboxylic acids is 1. The Morgan fingerprint density at radius 2 is 1.75 bits per heavy atom. The van der Waals surface area contributed by atoms with Gasteiger partial charge in [0.2, 0.25) is 0 Å². The van der Waals surface area contributed by atoms with E-state index in [1.165, 1.54) is 12.8 Å². The number of Topliss-reactive ketones (excluding diaryl/α,β-unsaturated/α-hetero) is 1. The lowest BCUT2D eigenvalue weighted by molar-refractivity contribution is -0.143. The lowest BCUT2D eigenvalue weighted by atomic mass is 9.70. The van der Waals surface area contributed by atoms with E-state index >= 15 is 0 Å². The quantitative estimate of drug-likeness (QED) is 0.626. The van der Waals surface area contributed by atoms with Gasteiger partial charge in [-0.3, -0.25) is 4.79 Å². The van der Waals surface area contributed by atoms with Crippen molar-refractivity contribution in [3.63, 3.8) is 0 Å². The molecule has 0 aromatic heterocycles. The molecule has 118 valence electrons. The van der Waals surface area contributed by atoms with Gasteiger partial charge in [-0.15, -0.1) is 0 Å². The molecule has 0 aromatic carbocycles. The molecule has 1 unspecified atom stereocenters. The normalized spacial score (nSPS) is 21.4. The lowest BCUT2D eigenvalue weighted by Crippen LogP contribution is -2.40. The fourth-order valence-electron chi connectivity index (χ4n) is 3.52. The molecule has 1 atom stereocenters. The third kappa shape index (κ3) is 4.07. The highest BCUT2D eigenvalue weighted by Crippen LogP contribution is 2.39. The molecule has 0 aliphatic heterocycles. The predicted molar refractivity (Wildman–Crippen MR) is 84.8 cm³/mol. The van der Waals surface area contributed by atoms with Crippen molar-refractivity contribution in [1.82, 2.24) is 0 Å². The molecule has 1 aliphatic carbocycles. The number of hydrogen-bond acceptors (Lipinski definition) is 2. The second kappa shape index (κ2) is 7.06. The van der Waals surface area contributed by atoms with Crippen LogP contribution in [0.3, 0.4) is 0 Å². The first-order valence-electron chi connectivity index (χ1n) is 8.43. The van der Waals surface area contributed by atoms with Gasteiger partial charge in [0.05, 0.1) is 5.60 Å². The molecule has 0 aromatic rings. The first kappa shape index (κ1) is 17.7. The van der Waals surface area contributed by atoms with E-state index in [4.69, 9.17) is 4.74 Å². The van der Waals surface area contributed by atoms with Crippen molar-refractivity contribution in [1.29, 1.82) is 0 Å². The van der Waals surface area contributed by atoms with E-state index in [1.54, 1.807) is 0 Å². The van der Waals surface area contributed by atoms with Gasteiger partial charge < -0.3 is 4.74 Å². The van der Waals surface area contributed by atoms with Crippen LogP contribution in [0, 0.1) is 17.3 Å². The summed E-state index contributed by atoms with van der Waals surface area (Å²) >= 11 is 0. The summed E-state index contributed by atoms with van der Waals surface area (Å²) in [4.78, 5) is 12.7. The highest BCUT2D eigenvalue weighted by Gasteiger charge is 2.39. The van der Waals surface area contributed by atoms with Gasteiger partial charge in [0.1, 0.15) is 6.61 Å². The molecule has 0 radical (unpaired) electrons. The van der Waals surface area contributed by atoms with E-state index in [9.17, 15) is 4.79 Å². The van der Waals surface area contributed by atoms with E-state index in [-0.39, 0.29) is 11.0 Å². The summed E-state index contributed by atoms with van der Waals surface area (Å²) in [7, 11) is 0. The maximum absolute atomic E-state index is 12.7. The molecular weight excluding hydrogens is 248 g/mol. The smallest absolute Gasteiger partial charge is 0.164 e. The Kier molecular flexibility index (Phi) is 6.25. The molecule has 0 N–H and O–H groups in total. The van der Waals surface area contributed by atoms with Crippen LogP contribution in [0.2, 0.25) is 0 Å². The average molecular weight is 282 g/mol. The minimum atomic E-state index is -0.248. The van der Waals surface area contributed by atoms with E-state index in [0.29, 0.717) is 24.2 Å². The summed E-state index contributed by atoms with van der Waals surface area (Å²) in [6.45, 7) is 13.3. The summed E-state index contributed by atoms with van der Waals surface area (Å²) in [5.41, 5.74) is -0.257. The average Bonchev–Trinajstić information content (AvgIpc) is 2.84. The molecule has 1 rings (SSSR count). The van der Waals surface area contributed by atoms with Crippen LogP contribution in [0.4, 0.5) is 0 Å². The summed E-state index contributed by atoms with van der Waals surface area (Å²) in [5.74, 6) is 1.20. The Labute approximate surface area is 125 Å². The van der Waals surface area contributed by atoms with E-state index in [2.05, 4.69) is 41.5 Å². The first-order chi connectivity index (χ1) is 9.26. The number of hydrogen-bond donors (Lipinski definition) is 0. The molecule has 1 fully saturated rings. The monoisotopic (exact) mass is 282 g/mol. The van der Waals surface area contributed by atoms with Crippen molar-refractivity contribution < 1.29 is 9.53 Å². The van der Waals surface area contributed by atoms with Gasteiger partial charge in [-0.1, -0.05) is 54.4 Å². The van der Waals surface area contributed by atoms with E-state index in [1.807, 2.05) is 0 Å². The third-order valence-electron chi connectivity index (χ3n) is 5.41. The molecule has 0 bridgehead atoms. The SMILES string of the molecule is CCC1(OCC(=O)C(C)(CC(C)C)C(C)C)CCCC1. The molecule has 0 saturated heterocycles. The second-order valence-corrected chi connectivity index (χ2v) is 7.63. The van der Waals surface area contributed by atoms with Gasteiger partial charge >= 0.3 is 0 Å². The minimum Gasteiger partial charge on any atom is -0.367 e. The van der Waals surface area contributed by atoms with E-state index < -0.39 is 0 Å². The number of carbonyl (C=O) groups is 1. The molecule has 1 saturated carbocycles. The van der Waals surface area contributed by atoms with Crippen LogP contribution in [0.1, 0.15) is 80.1 Å². The number of ether oxygens (including phenoxy) is 1. The van der Waals surface area contributed by atoms with Crippen LogP contribution in [-0.4, -0.2) is 18.0 Å². The highest BCUT2D eigenvalue weighted by atomic mass is 16.5. The number of ketones is 1. The Morgan fingerprint density at radius 1 is 1.20 bits per heavy atom. The van der Waals surface area contributed by atoms with Gasteiger partial charge in [0.25, 0.3) is 0 Å². The molecule has 20 heavy (non-hydrogen) atoms. The molecule has 0 amide bonds. The van der Waals surface area contributed by atoms with Crippen LogP contribution in [0.5, 0.6) is 0 Å². The summed E-state index contributed by atoms with van der Waals surface area (Å²) < 4.78 is 6.13. The van der Waals surface area contributed by atoms with Crippen molar-refractivity contribution in [2.75, 3.05) is 6.61 Å². The molecule has 2 heteroatoms. The predicted octanol–water partition coefficient (Wildman–Crippen LogP) is 5.00. The Hall–Kier alpha value is -0.370. The summed E-state index contributed by atoms with van der Waals surface area (Å²) in [6.07, 6.45) is 6.72. The van der Waals surface area contributed by atoms with Crippen LogP contribution in [0.25, 0.3) is 0 Å². The molecule has 2 nitrogen and oxygen atoms in total. The van der Waals surface area contributed by atoms with Crippen molar-refractivity contribution in [3.05, 3.63) is 0 Å². The number of rotatable bonds is 8. The zero-order chi connectivity index (χ0) is 15.4. The highest BCUT2D eigenvalue weighted by molar-refractivity contribution is 5.85. The molecule has 1 aliphatic rings. The van der Waals surface area contributed by atoms with Crippen molar-refractivity contribution in [3.8, 4) is 0 Å². The Balaban J connectivity index is 2.67. The first-order valence-corrected chi connectivity index (χ1v) is 8.43. The third-order valence-corrected chi connectivity index (χ3v) is 5.41. The summed E-state index contributed by atoms with van der Waals surface area (Å²) in [5, 5.41) is 0. The van der Waals surface area contributed by atoms with Crippen LogP contribution < -0.4 is 0 Å². The van der Waals surface area contributed by atoms with Crippen molar-refractivity contribution >= 4 is 5.78 Å². The fourth-order valence-corrected chi connectivity index (χ4v) is 3.52. The fraction of sp³-hybridized carbons (Fsp3) is 0.944. The van der Waals surface area contributed by atoms with Gasteiger partial charge in [0, 0.05) is 5.41 Å². The van der Waals surface area contributed by atoms with E-state index in [0.717, 1.165) is 25.7 Å². The maximum atomic E-state index is 12.7. The zero-order valence-electron chi connectivity index (χ0n) is 14.4. The maximum Gasteiger partial charge on any atom is 0.164 e. The van der Waals surface area contributed by atoms with Crippen LogP contribution >= 0.6 is 0 Å². The van der Waals surface area contributed by atoms with Gasteiger partial charge in [0.15, 0.2) is 5.78 Å². The second-order valence-electron chi connectivity index (χ2n) is 7.63. The van der Waals surface area contributed by atoms with Crippen molar-refractivity contribution in [2.45, 2.75) is 85.7 Å².